The van der Waals surface area contributed by atoms with Crippen LogP contribution >= 0.6 is 0 Å². The van der Waals surface area contributed by atoms with Gasteiger partial charge >= 0.3 is 0 Å². The first-order valence-electron chi connectivity index (χ1n) is 6.76. The zero-order chi connectivity index (χ0) is 14.8. The van der Waals surface area contributed by atoms with Gasteiger partial charge in [0.2, 0.25) is 5.91 Å². The quantitative estimate of drug-likeness (QED) is 0.653. The molecule has 0 aromatic heterocycles. The fraction of sp³-hybridized carbons (Fsp3) is 0.500. The Morgan fingerprint density at radius 1 is 1.55 bits per heavy atom. The molecule has 1 aromatic carbocycles. The maximum atomic E-state index is 12.5. The van der Waals surface area contributed by atoms with E-state index in [0.29, 0.717) is 13.0 Å². The molecule has 0 spiro atoms. The first kappa shape index (κ1) is 14.5. The van der Waals surface area contributed by atoms with Crippen LogP contribution in [0.5, 0.6) is 0 Å². The number of hydrogen-bond acceptors (Lipinski definition) is 4. The molecule has 1 aliphatic rings. The first-order chi connectivity index (χ1) is 9.48. The normalized spacial score (nSPS) is 21.7. The van der Waals surface area contributed by atoms with E-state index < -0.39 is 10.3 Å². The van der Waals surface area contributed by atoms with E-state index in [1.165, 1.54) is 6.07 Å². The Balaban J connectivity index is 2.25. The van der Waals surface area contributed by atoms with Crippen LogP contribution in [0.1, 0.15) is 25.3 Å². The van der Waals surface area contributed by atoms with Crippen molar-refractivity contribution in [1.82, 2.24) is 5.32 Å². The SMILES string of the molecule is CCC1(C(=O)Nc2ccc(C)cc2[N+](=O)[O-])CCNC1. The lowest BCUT2D eigenvalue weighted by Crippen LogP contribution is -2.37. The molecule has 0 aliphatic carbocycles. The maximum absolute atomic E-state index is 12.5. The third kappa shape index (κ3) is 2.65. The highest BCUT2D eigenvalue weighted by Gasteiger charge is 2.40. The molecule has 6 heteroatoms. The van der Waals surface area contributed by atoms with Gasteiger partial charge in [0.05, 0.1) is 10.3 Å². The van der Waals surface area contributed by atoms with E-state index in [-0.39, 0.29) is 17.3 Å². The monoisotopic (exact) mass is 277 g/mol. The topological polar surface area (TPSA) is 84.3 Å². The van der Waals surface area contributed by atoms with Gasteiger partial charge in [-0.1, -0.05) is 13.0 Å². The number of rotatable bonds is 4. The number of nitro groups is 1. The van der Waals surface area contributed by atoms with Crippen molar-refractivity contribution in [2.24, 2.45) is 5.41 Å². The highest BCUT2D eigenvalue weighted by molar-refractivity contribution is 5.97. The predicted octanol–water partition coefficient (Wildman–Crippen LogP) is 2.23. The molecule has 6 nitrogen and oxygen atoms in total. The molecular formula is C14H19N3O3. The molecule has 0 saturated carbocycles. The minimum Gasteiger partial charge on any atom is -0.320 e. The molecule has 0 radical (unpaired) electrons. The summed E-state index contributed by atoms with van der Waals surface area (Å²) in [5.74, 6) is -0.142. The van der Waals surface area contributed by atoms with Crippen molar-refractivity contribution in [2.45, 2.75) is 26.7 Å². The number of aryl methyl sites for hydroxylation is 1. The molecule has 1 atom stereocenters. The third-order valence-corrected chi connectivity index (χ3v) is 4.00. The van der Waals surface area contributed by atoms with Crippen molar-refractivity contribution in [3.8, 4) is 0 Å². The number of carbonyl (C=O) groups excluding carboxylic acids is 1. The molecule has 2 N–H and O–H groups in total. The average Bonchev–Trinajstić information content (AvgIpc) is 2.90. The zero-order valence-corrected chi connectivity index (χ0v) is 11.7. The fourth-order valence-corrected chi connectivity index (χ4v) is 2.55. The number of amides is 1. The van der Waals surface area contributed by atoms with Crippen LogP contribution in [0.4, 0.5) is 11.4 Å². The van der Waals surface area contributed by atoms with E-state index in [1.807, 2.05) is 6.92 Å². The van der Waals surface area contributed by atoms with Crippen LogP contribution < -0.4 is 10.6 Å². The first-order valence-corrected chi connectivity index (χ1v) is 6.76. The molecule has 1 unspecified atom stereocenters. The number of nitrogens with zero attached hydrogens (tertiary/aromatic N) is 1. The number of hydrogen-bond donors (Lipinski definition) is 2. The van der Waals surface area contributed by atoms with Gasteiger partial charge in [-0.05, 0) is 37.9 Å². The van der Waals surface area contributed by atoms with Crippen molar-refractivity contribution in [3.63, 3.8) is 0 Å². The van der Waals surface area contributed by atoms with Gasteiger partial charge < -0.3 is 10.6 Å². The lowest BCUT2D eigenvalue weighted by Gasteiger charge is -2.25. The molecular weight excluding hydrogens is 258 g/mol. The third-order valence-electron chi connectivity index (χ3n) is 4.00. The summed E-state index contributed by atoms with van der Waals surface area (Å²) in [6.07, 6.45) is 1.47. The number of benzene rings is 1. The Labute approximate surface area is 117 Å². The van der Waals surface area contributed by atoms with Gasteiger partial charge in [-0.15, -0.1) is 0 Å². The molecule has 1 amide bonds. The van der Waals surface area contributed by atoms with Gasteiger partial charge in [0.1, 0.15) is 5.69 Å². The minimum atomic E-state index is -0.464. The molecule has 20 heavy (non-hydrogen) atoms. The molecule has 0 bridgehead atoms. The fourth-order valence-electron chi connectivity index (χ4n) is 2.55. The molecule has 1 aliphatic heterocycles. The maximum Gasteiger partial charge on any atom is 0.293 e. The van der Waals surface area contributed by atoms with Gasteiger partial charge in [-0.25, -0.2) is 0 Å². The number of nitro benzene ring substituents is 1. The Morgan fingerprint density at radius 2 is 2.30 bits per heavy atom. The lowest BCUT2D eigenvalue weighted by atomic mass is 9.83. The van der Waals surface area contributed by atoms with Crippen LogP contribution in [-0.4, -0.2) is 23.9 Å². The standard InChI is InChI=1S/C14H19N3O3/c1-3-14(6-7-15-9-14)13(18)16-11-5-4-10(2)8-12(11)17(19)20/h4-5,8,15H,3,6-7,9H2,1-2H3,(H,16,18). The summed E-state index contributed by atoms with van der Waals surface area (Å²) in [6.45, 7) is 5.18. The van der Waals surface area contributed by atoms with E-state index in [0.717, 1.165) is 18.5 Å². The minimum absolute atomic E-state index is 0.0597. The summed E-state index contributed by atoms with van der Waals surface area (Å²) in [6, 6.07) is 4.83. The predicted molar refractivity (Wildman–Crippen MR) is 76.7 cm³/mol. The van der Waals surface area contributed by atoms with Crippen LogP contribution in [-0.2, 0) is 4.79 Å². The summed E-state index contributed by atoms with van der Waals surface area (Å²) in [5, 5.41) is 17.0. The number of carbonyl (C=O) groups is 1. The summed E-state index contributed by atoms with van der Waals surface area (Å²) in [5.41, 5.74) is 0.544. The summed E-state index contributed by atoms with van der Waals surface area (Å²) >= 11 is 0. The van der Waals surface area contributed by atoms with Crippen LogP contribution in [0.3, 0.4) is 0 Å². The molecule has 2 rings (SSSR count). The highest BCUT2D eigenvalue weighted by Crippen LogP contribution is 2.33. The summed E-state index contributed by atoms with van der Waals surface area (Å²) < 4.78 is 0. The van der Waals surface area contributed by atoms with Crippen LogP contribution in [0, 0.1) is 22.5 Å². The molecule has 1 aromatic rings. The Kier molecular flexibility index (Phi) is 4.04. The van der Waals surface area contributed by atoms with E-state index in [4.69, 9.17) is 0 Å². The molecule has 1 heterocycles. The summed E-state index contributed by atoms with van der Waals surface area (Å²) in [4.78, 5) is 23.1. The van der Waals surface area contributed by atoms with E-state index >= 15 is 0 Å². The second kappa shape index (κ2) is 5.58. The Morgan fingerprint density at radius 3 is 2.85 bits per heavy atom. The van der Waals surface area contributed by atoms with Gasteiger partial charge in [0.15, 0.2) is 0 Å². The van der Waals surface area contributed by atoms with Gasteiger partial charge in [-0.3, -0.25) is 14.9 Å². The van der Waals surface area contributed by atoms with Gasteiger partial charge in [0, 0.05) is 12.6 Å². The molecule has 1 fully saturated rings. The second-order valence-electron chi connectivity index (χ2n) is 5.29. The van der Waals surface area contributed by atoms with Crippen molar-refractivity contribution in [3.05, 3.63) is 33.9 Å². The van der Waals surface area contributed by atoms with E-state index in [2.05, 4.69) is 10.6 Å². The Hall–Kier alpha value is -1.95. The smallest absolute Gasteiger partial charge is 0.293 e. The van der Waals surface area contributed by atoms with E-state index in [9.17, 15) is 14.9 Å². The Bertz CT molecular complexity index is 536. The van der Waals surface area contributed by atoms with Crippen molar-refractivity contribution in [2.75, 3.05) is 18.4 Å². The number of nitrogens with one attached hydrogen (secondary N) is 2. The largest absolute Gasteiger partial charge is 0.320 e. The second-order valence-corrected chi connectivity index (χ2v) is 5.29. The number of anilines is 1. The van der Waals surface area contributed by atoms with Gasteiger partial charge in [0.25, 0.3) is 5.69 Å². The molecule has 1 saturated heterocycles. The van der Waals surface area contributed by atoms with Crippen molar-refractivity contribution >= 4 is 17.3 Å². The van der Waals surface area contributed by atoms with Crippen LogP contribution in [0.2, 0.25) is 0 Å². The van der Waals surface area contributed by atoms with Crippen molar-refractivity contribution in [1.29, 1.82) is 0 Å². The highest BCUT2D eigenvalue weighted by atomic mass is 16.6. The summed E-state index contributed by atoms with van der Waals surface area (Å²) in [7, 11) is 0. The van der Waals surface area contributed by atoms with Crippen molar-refractivity contribution < 1.29 is 9.72 Å². The van der Waals surface area contributed by atoms with Crippen LogP contribution in [0.25, 0.3) is 0 Å². The van der Waals surface area contributed by atoms with E-state index in [1.54, 1.807) is 19.1 Å². The van der Waals surface area contributed by atoms with Gasteiger partial charge in [-0.2, -0.15) is 0 Å². The zero-order valence-electron chi connectivity index (χ0n) is 11.7. The average molecular weight is 277 g/mol. The van der Waals surface area contributed by atoms with Crippen LogP contribution in [0.15, 0.2) is 18.2 Å². The molecule has 108 valence electrons. The lowest BCUT2D eigenvalue weighted by molar-refractivity contribution is -0.384.